The first-order chi connectivity index (χ1) is 17.6. The molecular formula is C28H59N5O3. The van der Waals surface area contributed by atoms with Crippen molar-refractivity contribution >= 4 is 11.9 Å². The van der Waals surface area contributed by atoms with Crippen molar-refractivity contribution in [1.29, 1.82) is 0 Å². The fourth-order valence-electron chi connectivity index (χ4n) is 4.26. The zero-order chi connectivity index (χ0) is 26.5. The molecule has 0 aromatic rings. The van der Waals surface area contributed by atoms with Crippen molar-refractivity contribution in [1.82, 2.24) is 21.3 Å². The lowest BCUT2D eigenvalue weighted by Crippen LogP contribution is -2.43. The summed E-state index contributed by atoms with van der Waals surface area (Å²) in [5.74, 6) is -1.12. The minimum absolute atomic E-state index is 0.149. The lowest BCUT2D eigenvalue weighted by molar-refractivity contribution is -0.142. The van der Waals surface area contributed by atoms with Gasteiger partial charge in [0, 0.05) is 45.7 Å². The van der Waals surface area contributed by atoms with Crippen LogP contribution in [0.1, 0.15) is 116 Å². The van der Waals surface area contributed by atoms with Crippen molar-refractivity contribution in [2.75, 3.05) is 45.8 Å². The second-order valence-corrected chi connectivity index (χ2v) is 9.99. The highest BCUT2D eigenvalue weighted by Gasteiger charge is 2.18. The summed E-state index contributed by atoms with van der Waals surface area (Å²) in [6.07, 6.45) is 20.1. The van der Waals surface area contributed by atoms with Crippen molar-refractivity contribution in [3.63, 3.8) is 0 Å². The van der Waals surface area contributed by atoms with E-state index in [0.717, 1.165) is 52.0 Å². The van der Waals surface area contributed by atoms with Gasteiger partial charge in [-0.1, -0.05) is 96.8 Å². The van der Waals surface area contributed by atoms with Crippen LogP contribution < -0.4 is 27.0 Å². The van der Waals surface area contributed by atoms with E-state index in [2.05, 4.69) is 28.2 Å². The Morgan fingerprint density at radius 3 is 1.50 bits per heavy atom. The molecule has 0 aliphatic heterocycles. The molecule has 0 aromatic carbocycles. The molecule has 0 saturated carbocycles. The van der Waals surface area contributed by atoms with E-state index in [9.17, 15) is 14.7 Å². The number of aliphatic carboxylic acids is 1. The van der Waals surface area contributed by atoms with Crippen LogP contribution in [0.2, 0.25) is 0 Å². The van der Waals surface area contributed by atoms with E-state index in [4.69, 9.17) is 5.73 Å². The summed E-state index contributed by atoms with van der Waals surface area (Å²) in [6.45, 7) is 7.61. The lowest BCUT2D eigenvalue weighted by Gasteiger charge is -2.15. The molecular weight excluding hydrogens is 454 g/mol. The number of nitrogens with one attached hydrogen (secondary N) is 4. The van der Waals surface area contributed by atoms with Gasteiger partial charge >= 0.3 is 5.97 Å². The number of rotatable bonds is 29. The summed E-state index contributed by atoms with van der Waals surface area (Å²) in [4.78, 5) is 23.6. The Kier molecular flexibility index (Phi) is 27.4. The molecule has 8 heteroatoms. The molecule has 1 atom stereocenters. The number of hydrogen-bond donors (Lipinski definition) is 6. The van der Waals surface area contributed by atoms with Gasteiger partial charge in [-0.05, 0) is 19.4 Å². The van der Waals surface area contributed by atoms with E-state index in [1.165, 1.54) is 77.0 Å². The maximum atomic E-state index is 12.2. The van der Waals surface area contributed by atoms with E-state index < -0.39 is 12.0 Å². The van der Waals surface area contributed by atoms with Crippen LogP contribution in [0.4, 0.5) is 0 Å². The Balaban J connectivity index is 3.53. The van der Waals surface area contributed by atoms with E-state index >= 15 is 0 Å². The molecule has 0 rings (SSSR count). The Bertz CT molecular complexity index is 494. The maximum Gasteiger partial charge on any atom is 0.326 e. The summed E-state index contributed by atoms with van der Waals surface area (Å²) in [5, 5.41) is 21.8. The topological polar surface area (TPSA) is 129 Å². The maximum absolute atomic E-state index is 12.2. The minimum Gasteiger partial charge on any atom is -0.480 e. The van der Waals surface area contributed by atoms with E-state index in [1.54, 1.807) is 0 Å². The first-order valence-electron chi connectivity index (χ1n) is 15.0. The molecule has 0 radical (unpaired) electrons. The molecule has 0 saturated heterocycles. The van der Waals surface area contributed by atoms with Crippen molar-refractivity contribution in [3.05, 3.63) is 0 Å². The molecule has 0 bridgehead atoms. The van der Waals surface area contributed by atoms with E-state index in [-0.39, 0.29) is 5.91 Å². The van der Waals surface area contributed by atoms with Crippen LogP contribution in [-0.2, 0) is 9.59 Å². The fourth-order valence-corrected chi connectivity index (χ4v) is 4.26. The van der Waals surface area contributed by atoms with Crippen LogP contribution in [-0.4, -0.2) is 68.8 Å². The number of nitrogens with two attached hydrogens (primary N) is 1. The quantitative estimate of drug-likeness (QED) is 0.0836. The van der Waals surface area contributed by atoms with E-state index in [1.807, 2.05) is 0 Å². The van der Waals surface area contributed by atoms with Gasteiger partial charge in [0.25, 0.3) is 0 Å². The van der Waals surface area contributed by atoms with Gasteiger partial charge in [-0.3, -0.25) is 4.79 Å². The average Bonchev–Trinajstić information content (AvgIpc) is 2.86. The Hall–Kier alpha value is -1.22. The molecule has 0 aromatic heterocycles. The summed E-state index contributed by atoms with van der Waals surface area (Å²) in [7, 11) is 0. The minimum atomic E-state index is -0.967. The average molecular weight is 514 g/mol. The molecule has 0 fully saturated rings. The first kappa shape index (κ1) is 34.8. The number of carbonyl (C=O) groups excluding carboxylic acids is 1. The monoisotopic (exact) mass is 513 g/mol. The number of carboxylic acid groups (broad SMARTS) is 1. The third kappa shape index (κ3) is 25.9. The normalized spacial score (nSPS) is 12.1. The highest BCUT2D eigenvalue weighted by Crippen LogP contribution is 2.13. The summed E-state index contributed by atoms with van der Waals surface area (Å²) in [5.41, 5.74) is 5.42. The largest absolute Gasteiger partial charge is 0.480 e. The molecule has 36 heavy (non-hydrogen) atoms. The van der Waals surface area contributed by atoms with Crippen LogP contribution in [0.3, 0.4) is 0 Å². The van der Waals surface area contributed by atoms with Crippen molar-refractivity contribution in [2.45, 2.75) is 122 Å². The second kappa shape index (κ2) is 28.4. The van der Waals surface area contributed by atoms with Gasteiger partial charge in [-0.15, -0.1) is 0 Å². The van der Waals surface area contributed by atoms with Crippen LogP contribution in [0.5, 0.6) is 0 Å². The van der Waals surface area contributed by atoms with Gasteiger partial charge < -0.3 is 32.1 Å². The fraction of sp³-hybridized carbons (Fsp3) is 0.929. The highest BCUT2D eigenvalue weighted by atomic mass is 16.4. The zero-order valence-electron chi connectivity index (χ0n) is 23.4. The molecule has 1 unspecified atom stereocenters. The molecule has 8 nitrogen and oxygen atoms in total. The van der Waals surface area contributed by atoms with E-state index in [0.29, 0.717) is 25.9 Å². The number of carbonyl (C=O) groups is 2. The smallest absolute Gasteiger partial charge is 0.326 e. The van der Waals surface area contributed by atoms with Crippen LogP contribution in [0, 0.1) is 0 Å². The Morgan fingerprint density at radius 2 is 1.06 bits per heavy atom. The van der Waals surface area contributed by atoms with Crippen molar-refractivity contribution in [2.24, 2.45) is 5.73 Å². The van der Waals surface area contributed by atoms with Gasteiger partial charge in [0.05, 0.1) is 0 Å². The molecule has 0 aliphatic carbocycles. The third-order valence-electron chi connectivity index (χ3n) is 6.53. The van der Waals surface area contributed by atoms with Crippen molar-refractivity contribution < 1.29 is 14.7 Å². The standard InChI is InChI=1S/C28H59N5O3/c1-2-3-4-5-6-7-8-9-10-11-12-13-14-15-16-17-27(34)33-26(28(35)36)18-20-30-22-24-32-25-23-31-21-19-29/h26,30-32H,2-25,29H2,1H3,(H,33,34)(H,35,36). The third-order valence-corrected chi connectivity index (χ3v) is 6.53. The second-order valence-electron chi connectivity index (χ2n) is 9.99. The Labute approximate surface area is 221 Å². The predicted octanol–water partition coefficient (Wildman–Crippen LogP) is 3.93. The zero-order valence-corrected chi connectivity index (χ0v) is 23.4. The molecule has 214 valence electrons. The molecule has 0 heterocycles. The summed E-state index contributed by atoms with van der Waals surface area (Å²) < 4.78 is 0. The SMILES string of the molecule is CCCCCCCCCCCCCCCCCC(=O)NC(CCNCCNCCNCCN)C(=O)O. The first-order valence-corrected chi connectivity index (χ1v) is 15.0. The predicted molar refractivity (Wildman–Crippen MR) is 151 cm³/mol. The highest BCUT2D eigenvalue weighted by molar-refractivity contribution is 5.83. The lowest BCUT2D eigenvalue weighted by atomic mass is 10.0. The molecule has 0 spiro atoms. The number of carboxylic acids is 1. The molecule has 1 amide bonds. The van der Waals surface area contributed by atoms with Gasteiger partial charge in [-0.25, -0.2) is 4.79 Å². The van der Waals surface area contributed by atoms with Gasteiger partial charge in [0.2, 0.25) is 5.91 Å². The number of amides is 1. The number of unbranched alkanes of at least 4 members (excludes halogenated alkanes) is 14. The van der Waals surface area contributed by atoms with Gasteiger partial charge in [0.1, 0.15) is 6.04 Å². The van der Waals surface area contributed by atoms with Gasteiger partial charge in [0.15, 0.2) is 0 Å². The van der Waals surface area contributed by atoms with Crippen molar-refractivity contribution in [3.8, 4) is 0 Å². The van der Waals surface area contributed by atoms with Crippen LogP contribution in [0.15, 0.2) is 0 Å². The molecule has 0 aliphatic rings. The summed E-state index contributed by atoms with van der Waals surface area (Å²) >= 11 is 0. The molecule has 7 N–H and O–H groups in total. The van der Waals surface area contributed by atoms with Crippen LogP contribution in [0.25, 0.3) is 0 Å². The van der Waals surface area contributed by atoms with Crippen LogP contribution >= 0.6 is 0 Å². The number of hydrogen-bond acceptors (Lipinski definition) is 6. The Morgan fingerprint density at radius 1 is 0.639 bits per heavy atom. The van der Waals surface area contributed by atoms with Gasteiger partial charge in [-0.2, -0.15) is 0 Å². The summed E-state index contributed by atoms with van der Waals surface area (Å²) in [6, 6.07) is -0.824.